The van der Waals surface area contributed by atoms with Crippen LogP contribution in [0.5, 0.6) is 5.75 Å². The minimum Gasteiger partial charge on any atom is -0.434 e. The van der Waals surface area contributed by atoms with E-state index in [1.165, 1.54) is 0 Å². The molecule has 0 N–H and O–H groups in total. The molecule has 1 rings (SSSR count). The van der Waals surface area contributed by atoms with Crippen molar-refractivity contribution in [3.8, 4) is 5.75 Å². The zero-order valence-corrected chi connectivity index (χ0v) is 9.50. The molecule has 3 nitrogen and oxygen atoms in total. The average molecular weight is 229 g/mol. The van der Waals surface area contributed by atoms with Gasteiger partial charge in [-0.15, -0.1) is 0 Å². The van der Waals surface area contributed by atoms with Crippen LogP contribution in [-0.2, 0) is 4.74 Å². The molecule has 0 aliphatic carbocycles. The lowest BCUT2D eigenvalue weighted by atomic mass is 10.2. The highest BCUT2D eigenvalue weighted by Crippen LogP contribution is 2.22. The van der Waals surface area contributed by atoms with Crippen LogP contribution in [0.4, 0.5) is 4.79 Å². The van der Waals surface area contributed by atoms with Crippen molar-refractivity contribution in [2.24, 2.45) is 0 Å². The number of aryl methyl sites for hydroxylation is 1. The Morgan fingerprint density at radius 3 is 2.80 bits per heavy atom. The molecule has 0 unspecified atom stereocenters. The first-order chi connectivity index (χ1) is 7.13. The van der Waals surface area contributed by atoms with Crippen molar-refractivity contribution in [1.29, 1.82) is 0 Å². The third-order valence-electron chi connectivity index (χ3n) is 1.75. The van der Waals surface area contributed by atoms with Crippen LogP contribution in [0.2, 0.25) is 5.02 Å². The van der Waals surface area contributed by atoms with Crippen LogP contribution in [0.15, 0.2) is 18.2 Å². The lowest BCUT2D eigenvalue weighted by Crippen LogP contribution is -2.11. The third kappa shape index (κ3) is 3.80. The van der Waals surface area contributed by atoms with Gasteiger partial charge in [-0.3, -0.25) is 0 Å². The summed E-state index contributed by atoms with van der Waals surface area (Å²) < 4.78 is 9.77. The molecule has 15 heavy (non-hydrogen) atoms. The number of benzene rings is 1. The quantitative estimate of drug-likeness (QED) is 0.586. The molecule has 0 atom stereocenters. The van der Waals surface area contributed by atoms with Crippen molar-refractivity contribution in [3.63, 3.8) is 0 Å². The molecule has 0 spiro atoms. The van der Waals surface area contributed by atoms with E-state index < -0.39 is 6.16 Å². The normalized spacial score (nSPS) is 9.80. The summed E-state index contributed by atoms with van der Waals surface area (Å²) in [7, 11) is 0. The maximum absolute atomic E-state index is 11.1. The molecule has 4 heteroatoms. The van der Waals surface area contributed by atoms with Crippen LogP contribution < -0.4 is 4.74 Å². The lowest BCUT2D eigenvalue weighted by Gasteiger charge is -2.07. The Hall–Kier alpha value is -1.22. The monoisotopic (exact) mass is 228 g/mol. The number of hydrogen-bond donors (Lipinski definition) is 0. The molecule has 0 saturated heterocycles. The van der Waals surface area contributed by atoms with Gasteiger partial charge in [0.2, 0.25) is 0 Å². The van der Waals surface area contributed by atoms with Crippen molar-refractivity contribution in [2.45, 2.75) is 20.3 Å². The SMILES string of the molecule is CCCOC(=O)Oc1ccc(Cl)cc1C. The summed E-state index contributed by atoms with van der Waals surface area (Å²) in [5, 5.41) is 0.613. The van der Waals surface area contributed by atoms with Crippen molar-refractivity contribution in [1.82, 2.24) is 0 Å². The van der Waals surface area contributed by atoms with Crippen LogP contribution in [-0.4, -0.2) is 12.8 Å². The summed E-state index contributed by atoms with van der Waals surface area (Å²) in [5.41, 5.74) is 0.802. The summed E-state index contributed by atoms with van der Waals surface area (Å²) in [6.45, 7) is 4.10. The summed E-state index contributed by atoms with van der Waals surface area (Å²) >= 11 is 5.77. The zero-order chi connectivity index (χ0) is 11.3. The zero-order valence-electron chi connectivity index (χ0n) is 8.75. The van der Waals surface area contributed by atoms with E-state index in [1.807, 2.05) is 13.8 Å². The van der Waals surface area contributed by atoms with Gasteiger partial charge in [0.05, 0.1) is 6.61 Å². The molecule has 0 heterocycles. The Balaban J connectivity index is 2.60. The van der Waals surface area contributed by atoms with Gasteiger partial charge in [0.15, 0.2) is 0 Å². The molecule has 0 aliphatic heterocycles. The Kier molecular flexibility index (Phi) is 4.43. The van der Waals surface area contributed by atoms with E-state index in [4.69, 9.17) is 21.1 Å². The molecule has 0 fully saturated rings. The van der Waals surface area contributed by atoms with Gasteiger partial charge in [0, 0.05) is 5.02 Å². The molecule has 0 aliphatic rings. The molecule has 1 aromatic carbocycles. The average Bonchev–Trinajstić information content (AvgIpc) is 2.19. The van der Waals surface area contributed by atoms with Gasteiger partial charge >= 0.3 is 6.16 Å². The molecule has 0 bridgehead atoms. The van der Waals surface area contributed by atoms with Gasteiger partial charge in [0.1, 0.15) is 5.75 Å². The van der Waals surface area contributed by atoms with E-state index in [2.05, 4.69) is 0 Å². The second kappa shape index (κ2) is 5.61. The summed E-state index contributed by atoms with van der Waals surface area (Å²) in [5.74, 6) is 0.473. The third-order valence-corrected chi connectivity index (χ3v) is 1.99. The van der Waals surface area contributed by atoms with Gasteiger partial charge in [-0.1, -0.05) is 18.5 Å². The molecule has 1 aromatic rings. The summed E-state index contributed by atoms with van der Waals surface area (Å²) in [4.78, 5) is 11.1. The van der Waals surface area contributed by atoms with Crippen LogP contribution >= 0.6 is 11.6 Å². The standard InChI is InChI=1S/C11H13ClO3/c1-3-6-14-11(13)15-10-5-4-9(12)7-8(10)2/h4-5,7H,3,6H2,1-2H3. The summed E-state index contributed by atoms with van der Waals surface area (Å²) in [6, 6.07) is 5.03. The molecule has 0 aromatic heterocycles. The first kappa shape index (κ1) is 11.9. The minimum absolute atomic E-state index is 0.367. The maximum Gasteiger partial charge on any atom is 0.513 e. The highest BCUT2D eigenvalue weighted by Gasteiger charge is 2.07. The number of carbonyl (C=O) groups excluding carboxylic acids is 1. The number of ether oxygens (including phenoxy) is 2. The van der Waals surface area contributed by atoms with Crippen molar-refractivity contribution in [3.05, 3.63) is 28.8 Å². The molecule has 0 amide bonds. The van der Waals surface area contributed by atoms with Crippen LogP contribution in [0, 0.1) is 6.92 Å². The highest BCUT2D eigenvalue weighted by molar-refractivity contribution is 6.30. The smallest absolute Gasteiger partial charge is 0.434 e. The van der Waals surface area contributed by atoms with E-state index in [-0.39, 0.29) is 0 Å². The molecule has 0 radical (unpaired) electrons. The van der Waals surface area contributed by atoms with Crippen LogP contribution in [0.1, 0.15) is 18.9 Å². The second-order valence-corrected chi connectivity index (χ2v) is 3.55. The number of rotatable bonds is 3. The Labute approximate surface area is 93.9 Å². The van der Waals surface area contributed by atoms with Gasteiger partial charge in [0.25, 0.3) is 0 Å². The van der Waals surface area contributed by atoms with Gasteiger partial charge in [-0.2, -0.15) is 0 Å². The predicted molar refractivity (Wildman–Crippen MR) is 58.5 cm³/mol. The first-order valence-corrected chi connectivity index (χ1v) is 5.12. The number of carbonyl (C=O) groups is 1. The van der Waals surface area contributed by atoms with E-state index in [0.29, 0.717) is 17.4 Å². The van der Waals surface area contributed by atoms with E-state index in [1.54, 1.807) is 18.2 Å². The Morgan fingerprint density at radius 1 is 1.47 bits per heavy atom. The van der Waals surface area contributed by atoms with Crippen LogP contribution in [0.3, 0.4) is 0 Å². The predicted octanol–water partition coefficient (Wildman–Crippen LogP) is 3.57. The van der Waals surface area contributed by atoms with Crippen LogP contribution in [0.25, 0.3) is 0 Å². The minimum atomic E-state index is -0.678. The second-order valence-electron chi connectivity index (χ2n) is 3.11. The lowest BCUT2D eigenvalue weighted by molar-refractivity contribution is 0.0989. The van der Waals surface area contributed by atoms with E-state index in [9.17, 15) is 4.79 Å². The molecule has 82 valence electrons. The van der Waals surface area contributed by atoms with Gasteiger partial charge in [-0.05, 0) is 37.1 Å². The van der Waals surface area contributed by atoms with Gasteiger partial charge < -0.3 is 9.47 Å². The first-order valence-electron chi connectivity index (χ1n) is 4.74. The summed E-state index contributed by atoms with van der Waals surface area (Å²) in [6.07, 6.45) is 0.0941. The Bertz CT molecular complexity index is 350. The maximum atomic E-state index is 11.1. The van der Waals surface area contributed by atoms with E-state index in [0.717, 1.165) is 12.0 Å². The molecular formula is C11H13ClO3. The van der Waals surface area contributed by atoms with Gasteiger partial charge in [-0.25, -0.2) is 4.79 Å². The number of hydrogen-bond acceptors (Lipinski definition) is 3. The highest BCUT2D eigenvalue weighted by atomic mass is 35.5. The Morgan fingerprint density at radius 2 is 2.20 bits per heavy atom. The fourth-order valence-electron chi connectivity index (χ4n) is 1.03. The fraction of sp³-hybridized carbons (Fsp3) is 0.364. The molecule has 0 saturated carbocycles. The van der Waals surface area contributed by atoms with E-state index >= 15 is 0 Å². The topological polar surface area (TPSA) is 35.5 Å². The van der Waals surface area contributed by atoms with Crippen molar-refractivity contribution >= 4 is 17.8 Å². The largest absolute Gasteiger partial charge is 0.513 e. The van der Waals surface area contributed by atoms with Crippen molar-refractivity contribution < 1.29 is 14.3 Å². The fourth-order valence-corrected chi connectivity index (χ4v) is 1.26. The van der Waals surface area contributed by atoms with Crippen molar-refractivity contribution in [2.75, 3.05) is 6.61 Å². The molecular weight excluding hydrogens is 216 g/mol. The number of halogens is 1.